The van der Waals surface area contributed by atoms with Gasteiger partial charge in [0.05, 0.1) is 7.11 Å². The van der Waals surface area contributed by atoms with Gasteiger partial charge in [0.2, 0.25) is 0 Å². The van der Waals surface area contributed by atoms with E-state index >= 15 is 0 Å². The van der Waals surface area contributed by atoms with Crippen molar-refractivity contribution in [1.29, 1.82) is 0 Å². The summed E-state index contributed by atoms with van der Waals surface area (Å²) >= 11 is 0. The van der Waals surface area contributed by atoms with Gasteiger partial charge in [0.15, 0.2) is 0 Å². The van der Waals surface area contributed by atoms with Gasteiger partial charge in [-0.1, -0.05) is 29.8 Å². The zero-order valence-corrected chi connectivity index (χ0v) is 15.9. The standard InChI is InChI=1S/C21H22N2O5/c1-13-4-8-16(9-5-13)19(24)23-18(20(25)22-14(2)21(26)27)12-15-6-10-17(28-3)11-7-15/h4-12,14H,1-3H3,(H,22,25)(H,23,24)(H,26,27)/b18-12-/t14-/m0/s1. The van der Waals surface area contributed by atoms with E-state index in [4.69, 9.17) is 9.84 Å². The van der Waals surface area contributed by atoms with Gasteiger partial charge in [0.25, 0.3) is 11.8 Å². The fourth-order valence-corrected chi connectivity index (χ4v) is 2.26. The first kappa shape index (κ1) is 20.7. The summed E-state index contributed by atoms with van der Waals surface area (Å²) in [7, 11) is 1.54. The zero-order valence-electron chi connectivity index (χ0n) is 15.9. The number of ether oxygens (including phenoxy) is 1. The number of carbonyl (C=O) groups excluding carboxylic acids is 2. The molecule has 0 saturated carbocycles. The summed E-state index contributed by atoms with van der Waals surface area (Å²) < 4.78 is 5.10. The number of carboxylic acid groups (broad SMARTS) is 1. The third kappa shape index (κ3) is 5.70. The Labute approximate surface area is 163 Å². The summed E-state index contributed by atoms with van der Waals surface area (Å²) in [6, 6.07) is 12.6. The summed E-state index contributed by atoms with van der Waals surface area (Å²) in [6.45, 7) is 3.24. The predicted molar refractivity (Wildman–Crippen MR) is 105 cm³/mol. The number of methoxy groups -OCH3 is 1. The van der Waals surface area contributed by atoms with Crippen LogP contribution in [0.3, 0.4) is 0 Å². The van der Waals surface area contributed by atoms with Crippen molar-refractivity contribution in [2.45, 2.75) is 19.9 Å². The van der Waals surface area contributed by atoms with Crippen LogP contribution < -0.4 is 15.4 Å². The maximum Gasteiger partial charge on any atom is 0.325 e. The molecular formula is C21H22N2O5. The lowest BCUT2D eigenvalue weighted by Gasteiger charge is -2.13. The van der Waals surface area contributed by atoms with Crippen LogP contribution in [0, 0.1) is 6.92 Å². The fourth-order valence-electron chi connectivity index (χ4n) is 2.26. The van der Waals surface area contributed by atoms with Crippen LogP contribution in [0.2, 0.25) is 0 Å². The van der Waals surface area contributed by atoms with Crippen molar-refractivity contribution in [3.8, 4) is 5.75 Å². The minimum absolute atomic E-state index is 0.0659. The van der Waals surface area contributed by atoms with Crippen LogP contribution in [0.15, 0.2) is 54.2 Å². The Balaban J connectivity index is 2.29. The SMILES string of the molecule is COc1ccc(/C=C(\NC(=O)c2ccc(C)cc2)C(=O)N[C@@H](C)C(=O)O)cc1. The highest BCUT2D eigenvalue weighted by molar-refractivity contribution is 6.06. The number of aryl methyl sites for hydroxylation is 1. The van der Waals surface area contributed by atoms with Crippen LogP contribution in [0.1, 0.15) is 28.4 Å². The number of hydrogen-bond acceptors (Lipinski definition) is 4. The van der Waals surface area contributed by atoms with E-state index in [0.717, 1.165) is 5.56 Å². The minimum Gasteiger partial charge on any atom is -0.497 e. The lowest BCUT2D eigenvalue weighted by molar-refractivity contribution is -0.140. The van der Waals surface area contributed by atoms with Crippen molar-refractivity contribution in [2.75, 3.05) is 7.11 Å². The highest BCUT2D eigenvalue weighted by atomic mass is 16.5. The van der Waals surface area contributed by atoms with Gasteiger partial charge in [0.1, 0.15) is 17.5 Å². The van der Waals surface area contributed by atoms with Crippen molar-refractivity contribution >= 4 is 23.9 Å². The molecule has 1 atom stereocenters. The summed E-state index contributed by atoms with van der Waals surface area (Å²) in [5.74, 6) is -1.71. The molecule has 0 bridgehead atoms. The lowest BCUT2D eigenvalue weighted by atomic mass is 10.1. The molecule has 2 rings (SSSR count). The van der Waals surface area contributed by atoms with E-state index in [0.29, 0.717) is 16.9 Å². The van der Waals surface area contributed by atoms with Crippen molar-refractivity contribution in [3.63, 3.8) is 0 Å². The van der Waals surface area contributed by atoms with E-state index in [1.165, 1.54) is 13.0 Å². The Kier molecular flexibility index (Phi) is 6.92. The highest BCUT2D eigenvalue weighted by Crippen LogP contribution is 2.14. The number of rotatable bonds is 7. The first-order valence-electron chi connectivity index (χ1n) is 8.57. The second-order valence-electron chi connectivity index (χ2n) is 6.18. The van der Waals surface area contributed by atoms with E-state index in [-0.39, 0.29) is 5.70 Å². The van der Waals surface area contributed by atoms with Gasteiger partial charge in [0, 0.05) is 5.56 Å². The van der Waals surface area contributed by atoms with E-state index in [2.05, 4.69) is 10.6 Å². The Morgan fingerprint density at radius 3 is 2.18 bits per heavy atom. The van der Waals surface area contributed by atoms with Gasteiger partial charge in [-0.3, -0.25) is 14.4 Å². The molecule has 2 amide bonds. The van der Waals surface area contributed by atoms with Crippen LogP contribution in [0.5, 0.6) is 5.75 Å². The Bertz CT molecular complexity index is 886. The number of amides is 2. The predicted octanol–water partition coefficient (Wildman–Crippen LogP) is 2.36. The van der Waals surface area contributed by atoms with Crippen molar-refractivity contribution in [3.05, 3.63) is 70.9 Å². The topological polar surface area (TPSA) is 105 Å². The van der Waals surface area contributed by atoms with Crippen molar-refractivity contribution in [1.82, 2.24) is 10.6 Å². The van der Waals surface area contributed by atoms with Crippen LogP contribution in [0.25, 0.3) is 6.08 Å². The van der Waals surface area contributed by atoms with Crippen LogP contribution in [0.4, 0.5) is 0 Å². The molecule has 0 heterocycles. The molecule has 146 valence electrons. The lowest BCUT2D eigenvalue weighted by Crippen LogP contribution is -2.42. The molecule has 0 aromatic heterocycles. The van der Waals surface area contributed by atoms with E-state index in [9.17, 15) is 14.4 Å². The molecule has 0 aliphatic carbocycles. The molecule has 2 aromatic rings. The van der Waals surface area contributed by atoms with Gasteiger partial charge >= 0.3 is 5.97 Å². The second-order valence-corrected chi connectivity index (χ2v) is 6.18. The molecule has 7 heteroatoms. The average Bonchev–Trinajstić information content (AvgIpc) is 2.68. The third-order valence-corrected chi connectivity index (χ3v) is 3.95. The summed E-state index contributed by atoms with van der Waals surface area (Å²) in [6.07, 6.45) is 1.47. The number of aliphatic carboxylic acids is 1. The van der Waals surface area contributed by atoms with Crippen LogP contribution in [-0.2, 0) is 9.59 Å². The summed E-state index contributed by atoms with van der Waals surface area (Å²) in [5.41, 5.74) is 1.95. The van der Waals surface area contributed by atoms with Gasteiger partial charge in [-0.2, -0.15) is 0 Å². The third-order valence-electron chi connectivity index (χ3n) is 3.95. The highest BCUT2D eigenvalue weighted by Gasteiger charge is 2.19. The Hall–Kier alpha value is -3.61. The van der Waals surface area contributed by atoms with Gasteiger partial charge in [-0.15, -0.1) is 0 Å². The largest absolute Gasteiger partial charge is 0.497 e. The van der Waals surface area contributed by atoms with Crippen molar-refractivity contribution < 1.29 is 24.2 Å². The maximum absolute atomic E-state index is 12.5. The number of carboxylic acids is 1. The monoisotopic (exact) mass is 382 g/mol. The maximum atomic E-state index is 12.5. The molecule has 0 unspecified atom stereocenters. The van der Waals surface area contributed by atoms with Gasteiger partial charge in [-0.05, 0) is 49.8 Å². The molecular weight excluding hydrogens is 360 g/mol. The number of hydrogen-bond donors (Lipinski definition) is 3. The molecule has 3 N–H and O–H groups in total. The number of nitrogens with one attached hydrogen (secondary N) is 2. The molecule has 28 heavy (non-hydrogen) atoms. The number of carbonyl (C=O) groups is 3. The molecule has 0 saturated heterocycles. The van der Waals surface area contributed by atoms with Gasteiger partial charge < -0.3 is 20.5 Å². The molecule has 0 radical (unpaired) electrons. The summed E-state index contributed by atoms with van der Waals surface area (Å²) in [4.78, 5) is 36.1. The van der Waals surface area contributed by atoms with Crippen LogP contribution in [-0.4, -0.2) is 36.0 Å². The zero-order chi connectivity index (χ0) is 20.7. The smallest absolute Gasteiger partial charge is 0.325 e. The average molecular weight is 382 g/mol. The summed E-state index contributed by atoms with van der Waals surface area (Å²) in [5, 5.41) is 13.9. The normalized spacial score (nSPS) is 12.0. The van der Waals surface area contributed by atoms with E-state index in [1.807, 2.05) is 6.92 Å². The molecule has 0 spiro atoms. The molecule has 0 fully saturated rings. The Morgan fingerprint density at radius 1 is 1.04 bits per heavy atom. The molecule has 2 aromatic carbocycles. The Morgan fingerprint density at radius 2 is 1.64 bits per heavy atom. The molecule has 0 aliphatic rings. The van der Waals surface area contributed by atoms with Gasteiger partial charge in [-0.25, -0.2) is 0 Å². The fraction of sp³-hybridized carbons (Fsp3) is 0.190. The minimum atomic E-state index is -1.18. The van der Waals surface area contributed by atoms with Crippen LogP contribution >= 0.6 is 0 Å². The molecule has 7 nitrogen and oxygen atoms in total. The quantitative estimate of drug-likeness (QED) is 0.638. The first-order valence-corrected chi connectivity index (χ1v) is 8.57. The first-order chi connectivity index (χ1) is 13.3. The van der Waals surface area contributed by atoms with E-state index in [1.54, 1.807) is 55.6 Å². The molecule has 0 aliphatic heterocycles. The number of benzene rings is 2. The van der Waals surface area contributed by atoms with Crippen molar-refractivity contribution in [2.24, 2.45) is 0 Å². The van der Waals surface area contributed by atoms with E-state index < -0.39 is 23.8 Å². The second kappa shape index (κ2) is 9.36.